The van der Waals surface area contributed by atoms with E-state index in [0.29, 0.717) is 47.8 Å². The molecule has 2 unspecified atom stereocenters. The van der Waals surface area contributed by atoms with E-state index >= 15 is 0 Å². The topological polar surface area (TPSA) is 68.2 Å². The van der Waals surface area contributed by atoms with Crippen molar-refractivity contribution in [2.75, 3.05) is 34.4 Å². The van der Waals surface area contributed by atoms with Gasteiger partial charge in [-0.2, -0.15) is 13.2 Å². The third-order valence-corrected chi connectivity index (χ3v) is 5.75. The SMILES string of the molecule is COc1cc(OC)c(C(c2ccc(C(F)(F)F)cc2)N2CCCC(C(=O)O)C2)cc1OC. The molecule has 2 atom stereocenters. The molecule has 174 valence electrons. The highest BCUT2D eigenvalue weighted by Gasteiger charge is 2.35. The van der Waals surface area contributed by atoms with E-state index in [0.717, 1.165) is 12.1 Å². The molecule has 0 radical (unpaired) electrons. The van der Waals surface area contributed by atoms with E-state index in [9.17, 15) is 23.1 Å². The smallest absolute Gasteiger partial charge is 0.416 e. The van der Waals surface area contributed by atoms with Gasteiger partial charge < -0.3 is 19.3 Å². The third-order valence-electron chi connectivity index (χ3n) is 5.75. The van der Waals surface area contributed by atoms with Gasteiger partial charge in [0.15, 0.2) is 11.5 Å². The van der Waals surface area contributed by atoms with Gasteiger partial charge in [-0.1, -0.05) is 12.1 Å². The zero-order chi connectivity index (χ0) is 23.5. The van der Waals surface area contributed by atoms with Gasteiger partial charge in [0.2, 0.25) is 0 Å². The summed E-state index contributed by atoms with van der Waals surface area (Å²) in [4.78, 5) is 13.6. The summed E-state index contributed by atoms with van der Waals surface area (Å²) in [6, 6.07) is 7.77. The van der Waals surface area contributed by atoms with Crippen molar-refractivity contribution < 1.29 is 37.3 Å². The molecule has 1 aliphatic heterocycles. The molecule has 1 N–H and O–H groups in total. The van der Waals surface area contributed by atoms with E-state index in [-0.39, 0.29) is 6.54 Å². The number of hydrogen-bond acceptors (Lipinski definition) is 5. The molecule has 2 aromatic rings. The Balaban J connectivity index is 2.14. The van der Waals surface area contributed by atoms with Crippen LogP contribution in [0.1, 0.15) is 35.6 Å². The summed E-state index contributed by atoms with van der Waals surface area (Å²) in [5, 5.41) is 9.54. The number of nitrogens with zero attached hydrogens (tertiary/aromatic N) is 1. The quantitative estimate of drug-likeness (QED) is 0.660. The van der Waals surface area contributed by atoms with E-state index in [1.807, 2.05) is 4.90 Å². The van der Waals surface area contributed by atoms with Gasteiger partial charge in [0.05, 0.1) is 38.9 Å². The standard InChI is InChI=1S/C23H26F3NO5/c1-30-18-12-20(32-3)19(31-2)11-17(18)21(27-10-4-5-15(13-27)22(28)29)14-6-8-16(9-7-14)23(24,25)26/h6-9,11-12,15,21H,4-5,10,13H2,1-3H3,(H,28,29). The van der Waals surface area contributed by atoms with Crippen molar-refractivity contribution in [2.45, 2.75) is 25.1 Å². The van der Waals surface area contributed by atoms with Gasteiger partial charge in [-0.25, -0.2) is 0 Å². The number of carboxylic acids is 1. The monoisotopic (exact) mass is 453 g/mol. The number of aliphatic carboxylic acids is 1. The van der Waals surface area contributed by atoms with E-state index < -0.39 is 29.7 Å². The summed E-state index contributed by atoms with van der Waals surface area (Å²) >= 11 is 0. The summed E-state index contributed by atoms with van der Waals surface area (Å²) in [6.45, 7) is 0.853. The second kappa shape index (κ2) is 9.68. The van der Waals surface area contributed by atoms with Gasteiger partial charge in [-0.05, 0) is 43.1 Å². The Labute approximate surface area is 184 Å². The molecule has 32 heavy (non-hydrogen) atoms. The molecule has 0 saturated carbocycles. The van der Waals surface area contributed by atoms with E-state index in [2.05, 4.69) is 0 Å². The second-order valence-corrected chi connectivity index (χ2v) is 7.64. The van der Waals surface area contributed by atoms with E-state index in [4.69, 9.17) is 14.2 Å². The highest BCUT2D eigenvalue weighted by Crippen LogP contribution is 2.43. The lowest BCUT2D eigenvalue weighted by molar-refractivity contribution is -0.144. The normalized spacial score (nSPS) is 18.1. The number of piperidine rings is 1. The van der Waals surface area contributed by atoms with Gasteiger partial charge in [0, 0.05) is 18.2 Å². The van der Waals surface area contributed by atoms with Crippen LogP contribution in [0.3, 0.4) is 0 Å². The number of carboxylic acid groups (broad SMARTS) is 1. The summed E-state index contributed by atoms with van der Waals surface area (Å²) in [6.07, 6.45) is -3.24. The van der Waals surface area contributed by atoms with Gasteiger partial charge >= 0.3 is 12.1 Å². The fraction of sp³-hybridized carbons (Fsp3) is 0.435. The number of ether oxygens (including phenoxy) is 3. The maximum Gasteiger partial charge on any atom is 0.416 e. The lowest BCUT2D eigenvalue weighted by atomic mass is 9.90. The van der Waals surface area contributed by atoms with Crippen LogP contribution in [0, 0.1) is 5.92 Å². The molecule has 2 aromatic carbocycles. The molecule has 0 aromatic heterocycles. The number of rotatable bonds is 7. The largest absolute Gasteiger partial charge is 0.496 e. The van der Waals surface area contributed by atoms with Crippen LogP contribution in [0.25, 0.3) is 0 Å². The second-order valence-electron chi connectivity index (χ2n) is 7.64. The van der Waals surface area contributed by atoms with Crippen LogP contribution >= 0.6 is 0 Å². The predicted molar refractivity (Wildman–Crippen MR) is 111 cm³/mol. The minimum Gasteiger partial charge on any atom is -0.496 e. The summed E-state index contributed by atoms with van der Waals surface area (Å²) in [7, 11) is 4.47. The summed E-state index contributed by atoms with van der Waals surface area (Å²) in [5.74, 6) is -0.106. The molecule has 1 saturated heterocycles. The molecule has 0 amide bonds. The summed E-state index contributed by atoms with van der Waals surface area (Å²) < 4.78 is 55.7. The molecule has 0 spiro atoms. The number of methoxy groups -OCH3 is 3. The number of hydrogen-bond donors (Lipinski definition) is 1. The zero-order valence-corrected chi connectivity index (χ0v) is 18.1. The number of likely N-dealkylation sites (tertiary alicyclic amines) is 1. The molecule has 1 fully saturated rings. The van der Waals surface area contributed by atoms with Crippen molar-refractivity contribution in [1.29, 1.82) is 0 Å². The molecule has 3 rings (SSSR count). The minimum atomic E-state index is -4.45. The van der Waals surface area contributed by atoms with Gasteiger partial charge in [-0.3, -0.25) is 9.69 Å². The molecular formula is C23H26F3NO5. The maximum atomic E-state index is 13.1. The fourth-order valence-electron chi connectivity index (χ4n) is 4.15. The lowest BCUT2D eigenvalue weighted by Crippen LogP contribution is -2.41. The Morgan fingerprint density at radius 3 is 2.16 bits per heavy atom. The van der Waals surface area contributed by atoms with Crippen molar-refractivity contribution in [3.63, 3.8) is 0 Å². The first-order chi connectivity index (χ1) is 15.2. The average Bonchev–Trinajstić information content (AvgIpc) is 2.78. The summed E-state index contributed by atoms with van der Waals surface area (Å²) in [5.41, 5.74) is 0.492. The van der Waals surface area contributed by atoms with E-state index in [1.54, 1.807) is 12.1 Å². The van der Waals surface area contributed by atoms with Crippen LogP contribution in [0.15, 0.2) is 36.4 Å². The number of carbonyl (C=O) groups is 1. The number of benzene rings is 2. The molecule has 1 aliphatic rings. The molecule has 1 heterocycles. The molecule has 6 nitrogen and oxygen atoms in total. The fourth-order valence-corrected chi connectivity index (χ4v) is 4.15. The number of halogens is 3. The Hall–Kier alpha value is -2.94. The average molecular weight is 453 g/mol. The Bertz CT molecular complexity index is 946. The molecular weight excluding hydrogens is 427 g/mol. The van der Waals surface area contributed by atoms with Crippen LogP contribution in [0.2, 0.25) is 0 Å². The Morgan fingerprint density at radius 2 is 1.62 bits per heavy atom. The predicted octanol–water partition coefficient (Wildman–Crippen LogP) is 4.62. The van der Waals surface area contributed by atoms with Crippen molar-refractivity contribution in [3.8, 4) is 17.2 Å². The molecule has 0 bridgehead atoms. The van der Waals surface area contributed by atoms with Gasteiger partial charge in [-0.15, -0.1) is 0 Å². The van der Waals surface area contributed by atoms with Crippen LogP contribution < -0.4 is 14.2 Å². The van der Waals surface area contributed by atoms with Crippen LogP contribution in [-0.4, -0.2) is 50.4 Å². The lowest BCUT2D eigenvalue weighted by Gasteiger charge is -2.38. The first-order valence-electron chi connectivity index (χ1n) is 10.1. The van der Waals surface area contributed by atoms with Crippen molar-refractivity contribution in [3.05, 3.63) is 53.1 Å². The maximum absolute atomic E-state index is 13.1. The van der Waals surface area contributed by atoms with Crippen LogP contribution in [0.4, 0.5) is 13.2 Å². The van der Waals surface area contributed by atoms with Gasteiger partial charge in [0.1, 0.15) is 5.75 Å². The highest BCUT2D eigenvalue weighted by molar-refractivity contribution is 5.70. The van der Waals surface area contributed by atoms with Crippen molar-refractivity contribution >= 4 is 5.97 Å². The molecule has 9 heteroatoms. The van der Waals surface area contributed by atoms with Crippen LogP contribution in [-0.2, 0) is 11.0 Å². The van der Waals surface area contributed by atoms with E-state index in [1.165, 1.54) is 33.5 Å². The Morgan fingerprint density at radius 1 is 1.03 bits per heavy atom. The molecule has 0 aliphatic carbocycles. The Kier molecular flexibility index (Phi) is 7.18. The highest BCUT2D eigenvalue weighted by atomic mass is 19.4. The zero-order valence-electron chi connectivity index (χ0n) is 18.1. The van der Waals surface area contributed by atoms with Crippen LogP contribution in [0.5, 0.6) is 17.2 Å². The first kappa shape index (κ1) is 23.7. The van der Waals surface area contributed by atoms with Crippen molar-refractivity contribution in [1.82, 2.24) is 4.90 Å². The third kappa shape index (κ3) is 4.93. The van der Waals surface area contributed by atoms with Gasteiger partial charge in [0.25, 0.3) is 0 Å². The number of alkyl halides is 3. The minimum absolute atomic E-state index is 0.262. The first-order valence-corrected chi connectivity index (χ1v) is 10.1. The van der Waals surface area contributed by atoms with Crippen molar-refractivity contribution in [2.24, 2.45) is 5.92 Å².